The van der Waals surface area contributed by atoms with E-state index in [1.165, 1.54) is 4.90 Å². The molecule has 0 aliphatic heterocycles. The molecule has 0 bridgehead atoms. The number of carbonyl (C=O) groups excluding carboxylic acids is 2. The molecular formula is C15H28N2O6. The Hall–Kier alpha value is -1.83. The molecule has 8 heteroatoms. The average molecular weight is 332 g/mol. The van der Waals surface area contributed by atoms with Crippen LogP contribution in [0.4, 0.5) is 4.79 Å². The largest absolute Gasteiger partial charge is 0.480 e. The molecule has 0 radical (unpaired) electrons. The van der Waals surface area contributed by atoms with Gasteiger partial charge in [-0.2, -0.15) is 0 Å². The lowest BCUT2D eigenvalue weighted by molar-refractivity contribution is -0.153. The number of hydrogen-bond donors (Lipinski definition) is 3. The number of hydrogen-bond acceptors (Lipinski definition) is 5. The zero-order chi connectivity index (χ0) is 18.2. The van der Waals surface area contributed by atoms with E-state index in [9.17, 15) is 19.5 Å². The topological polar surface area (TPSA) is 116 Å². The van der Waals surface area contributed by atoms with Gasteiger partial charge in [-0.1, -0.05) is 27.7 Å². The van der Waals surface area contributed by atoms with Crippen molar-refractivity contribution in [2.75, 3.05) is 19.7 Å². The molecule has 0 aliphatic rings. The number of urea groups is 1. The molecule has 3 N–H and O–H groups in total. The molecule has 2 unspecified atom stereocenters. The summed E-state index contributed by atoms with van der Waals surface area (Å²) < 4.78 is 4.71. The van der Waals surface area contributed by atoms with Gasteiger partial charge in [-0.15, -0.1) is 0 Å². The van der Waals surface area contributed by atoms with E-state index in [1.807, 2.05) is 13.8 Å². The summed E-state index contributed by atoms with van der Waals surface area (Å²) in [5, 5.41) is 21.4. The van der Waals surface area contributed by atoms with Gasteiger partial charge in [-0.25, -0.2) is 14.4 Å². The van der Waals surface area contributed by atoms with Crippen molar-refractivity contribution in [1.82, 2.24) is 10.2 Å². The van der Waals surface area contributed by atoms with E-state index < -0.39 is 30.1 Å². The minimum absolute atomic E-state index is 0.0810. The first-order valence-corrected chi connectivity index (χ1v) is 7.73. The highest BCUT2D eigenvalue weighted by Crippen LogP contribution is 2.06. The summed E-state index contributed by atoms with van der Waals surface area (Å²) in [6.07, 6.45) is -1.47. The zero-order valence-corrected chi connectivity index (χ0v) is 14.4. The molecular weight excluding hydrogens is 304 g/mol. The van der Waals surface area contributed by atoms with Gasteiger partial charge < -0.3 is 25.2 Å². The molecule has 0 saturated carbocycles. The Morgan fingerprint density at radius 1 is 1.13 bits per heavy atom. The second kappa shape index (κ2) is 10.0. The van der Waals surface area contributed by atoms with Crippen LogP contribution in [0.25, 0.3) is 0 Å². The summed E-state index contributed by atoms with van der Waals surface area (Å²) in [4.78, 5) is 36.2. The fourth-order valence-electron chi connectivity index (χ4n) is 1.94. The number of carboxylic acids is 1. The minimum Gasteiger partial charge on any atom is -0.480 e. The van der Waals surface area contributed by atoms with Gasteiger partial charge >= 0.3 is 18.0 Å². The first-order valence-electron chi connectivity index (χ1n) is 7.73. The van der Waals surface area contributed by atoms with Gasteiger partial charge in [0.25, 0.3) is 0 Å². The molecule has 0 rings (SSSR count). The molecule has 8 nitrogen and oxygen atoms in total. The van der Waals surface area contributed by atoms with E-state index in [0.717, 1.165) is 0 Å². The quantitative estimate of drug-likeness (QED) is 0.535. The second-order valence-corrected chi connectivity index (χ2v) is 6.08. The molecule has 134 valence electrons. The van der Waals surface area contributed by atoms with Crippen LogP contribution in [-0.2, 0) is 14.3 Å². The molecule has 0 heterocycles. The number of rotatable bonds is 9. The van der Waals surface area contributed by atoms with Gasteiger partial charge in [0.2, 0.25) is 0 Å². The van der Waals surface area contributed by atoms with Crippen molar-refractivity contribution in [3.8, 4) is 0 Å². The van der Waals surface area contributed by atoms with E-state index in [2.05, 4.69) is 5.32 Å². The summed E-state index contributed by atoms with van der Waals surface area (Å²) in [7, 11) is 0. The lowest BCUT2D eigenvalue weighted by atomic mass is 10.1. The van der Waals surface area contributed by atoms with Crippen LogP contribution in [0.2, 0.25) is 0 Å². The van der Waals surface area contributed by atoms with Gasteiger partial charge in [0.05, 0.1) is 13.2 Å². The van der Waals surface area contributed by atoms with E-state index in [-0.39, 0.29) is 31.5 Å². The highest BCUT2D eigenvalue weighted by Gasteiger charge is 2.29. The first-order chi connectivity index (χ1) is 10.6. The predicted octanol–water partition coefficient (Wildman–Crippen LogP) is 0.687. The molecule has 23 heavy (non-hydrogen) atoms. The number of nitrogens with zero attached hydrogens (tertiary/aromatic N) is 1. The van der Waals surface area contributed by atoms with Gasteiger partial charge in [0.15, 0.2) is 6.10 Å². The van der Waals surface area contributed by atoms with E-state index in [0.29, 0.717) is 0 Å². The SMILES string of the molecule is CCOC(=O)C(O)CN(CC(C)C)C(=O)NC(C(=O)O)C(C)C. The highest BCUT2D eigenvalue weighted by molar-refractivity contribution is 5.83. The number of aliphatic carboxylic acids is 1. The van der Waals surface area contributed by atoms with Crippen molar-refractivity contribution in [3.63, 3.8) is 0 Å². The highest BCUT2D eigenvalue weighted by atomic mass is 16.5. The normalized spacial score (nSPS) is 13.6. The molecule has 0 aromatic rings. The Balaban J connectivity index is 4.97. The first kappa shape index (κ1) is 21.2. The number of carbonyl (C=O) groups is 3. The number of aliphatic hydroxyl groups excluding tert-OH is 1. The third-order valence-electron chi connectivity index (χ3n) is 3.04. The standard InChI is InChI=1S/C15H28N2O6/c1-6-23-14(21)11(18)8-17(7-9(2)3)15(22)16-12(10(4)5)13(19)20/h9-12,18H,6-8H2,1-5H3,(H,16,22)(H,19,20). The third kappa shape index (κ3) is 7.83. The molecule has 2 amide bonds. The Morgan fingerprint density at radius 2 is 1.70 bits per heavy atom. The van der Waals surface area contributed by atoms with Crippen LogP contribution in [0.5, 0.6) is 0 Å². The van der Waals surface area contributed by atoms with Crippen LogP contribution in [0, 0.1) is 11.8 Å². The number of amides is 2. The van der Waals surface area contributed by atoms with Gasteiger partial charge in [-0.3, -0.25) is 0 Å². The molecule has 2 atom stereocenters. The fourth-order valence-corrected chi connectivity index (χ4v) is 1.94. The fraction of sp³-hybridized carbons (Fsp3) is 0.800. The number of carboxylic acid groups (broad SMARTS) is 1. The Morgan fingerprint density at radius 3 is 2.09 bits per heavy atom. The van der Waals surface area contributed by atoms with Crippen LogP contribution < -0.4 is 5.32 Å². The number of nitrogens with one attached hydrogen (secondary N) is 1. The average Bonchev–Trinajstić information content (AvgIpc) is 2.42. The molecule has 0 aliphatic carbocycles. The van der Waals surface area contributed by atoms with Crippen LogP contribution in [0.15, 0.2) is 0 Å². The van der Waals surface area contributed by atoms with Crippen LogP contribution in [0.3, 0.4) is 0 Å². The third-order valence-corrected chi connectivity index (χ3v) is 3.04. The maximum absolute atomic E-state index is 12.3. The summed E-state index contributed by atoms with van der Waals surface area (Å²) in [6, 6.07) is -1.68. The molecule has 0 fully saturated rings. The van der Waals surface area contributed by atoms with Crippen molar-refractivity contribution >= 4 is 18.0 Å². The zero-order valence-electron chi connectivity index (χ0n) is 14.4. The number of aliphatic hydroxyl groups is 1. The van der Waals surface area contributed by atoms with Crippen molar-refractivity contribution in [1.29, 1.82) is 0 Å². The van der Waals surface area contributed by atoms with Crippen LogP contribution in [0.1, 0.15) is 34.6 Å². The Kier molecular flexibility index (Phi) is 9.24. The lowest BCUT2D eigenvalue weighted by Crippen LogP contribution is -2.53. The minimum atomic E-state index is -1.47. The van der Waals surface area contributed by atoms with Gasteiger partial charge in [0, 0.05) is 6.54 Å². The van der Waals surface area contributed by atoms with Crippen LogP contribution in [-0.4, -0.2) is 64.9 Å². The van der Waals surface area contributed by atoms with Crippen LogP contribution >= 0.6 is 0 Å². The molecule has 0 spiro atoms. The monoisotopic (exact) mass is 332 g/mol. The molecule has 0 aromatic carbocycles. The smallest absolute Gasteiger partial charge is 0.336 e. The number of esters is 1. The van der Waals surface area contributed by atoms with E-state index in [4.69, 9.17) is 9.84 Å². The van der Waals surface area contributed by atoms with E-state index in [1.54, 1.807) is 20.8 Å². The summed E-state index contributed by atoms with van der Waals surface area (Å²) in [5.41, 5.74) is 0. The number of ether oxygens (including phenoxy) is 1. The summed E-state index contributed by atoms with van der Waals surface area (Å²) in [5.74, 6) is -2.17. The van der Waals surface area contributed by atoms with Crippen molar-refractivity contribution in [2.45, 2.75) is 46.8 Å². The van der Waals surface area contributed by atoms with Gasteiger partial charge in [-0.05, 0) is 18.8 Å². The molecule has 0 saturated heterocycles. The van der Waals surface area contributed by atoms with Crippen molar-refractivity contribution in [3.05, 3.63) is 0 Å². The van der Waals surface area contributed by atoms with Gasteiger partial charge in [0.1, 0.15) is 6.04 Å². The predicted molar refractivity (Wildman–Crippen MR) is 83.8 cm³/mol. The maximum Gasteiger partial charge on any atom is 0.336 e. The lowest BCUT2D eigenvalue weighted by Gasteiger charge is -2.28. The van der Waals surface area contributed by atoms with E-state index >= 15 is 0 Å². The Bertz CT molecular complexity index is 411. The van der Waals surface area contributed by atoms with Crippen molar-refractivity contribution in [2.24, 2.45) is 11.8 Å². The summed E-state index contributed by atoms with van der Waals surface area (Å²) in [6.45, 7) is 8.85. The maximum atomic E-state index is 12.3. The Labute approximate surface area is 136 Å². The second-order valence-electron chi connectivity index (χ2n) is 6.08. The summed E-state index contributed by atoms with van der Waals surface area (Å²) >= 11 is 0. The molecule has 0 aromatic heterocycles. The van der Waals surface area contributed by atoms with Crippen molar-refractivity contribution < 1.29 is 29.3 Å².